The fraction of sp³-hybridized carbons (Fsp3) is 0.824. The Balaban J connectivity index is 2.63. The Morgan fingerprint density at radius 2 is 1.85 bits per heavy atom. The SMILES string of the molecule is CC(C)CC(CNC(C)(C)C)Cc1ccn(C(C)C)n1. The molecule has 1 heterocycles. The van der Waals surface area contributed by atoms with Crippen molar-refractivity contribution >= 4 is 0 Å². The van der Waals surface area contributed by atoms with Gasteiger partial charge in [-0.3, -0.25) is 4.68 Å². The Hall–Kier alpha value is -0.830. The number of rotatable bonds is 7. The minimum atomic E-state index is 0.187. The summed E-state index contributed by atoms with van der Waals surface area (Å²) in [5.74, 6) is 1.39. The molecule has 0 bridgehead atoms. The predicted molar refractivity (Wildman–Crippen MR) is 87.0 cm³/mol. The van der Waals surface area contributed by atoms with Crippen molar-refractivity contribution in [3.8, 4) is 0 Å². The standard InChI is InChI=1S/C17H33N3/c1-13(2)10-15(12-18-17(5,6)7)11-16-8-9-20(19-16)14(3)4/h8-9,13-15,18H,10-12H2,1-7H3. The first-order chi connectivity index (χ1) is 9.17. The zero-order valence-corrected chi connectivity index (χ0v) is 14.4. The molecule has 0 aliphatic carbocycles. The molecular formula is C17H33N3. The Morgan fingerprint density at radius 1 is 1.20 bits per heavy atom. The van der Waals surface area contributed by atoms with E-state index in [9.17, 15) is 0 Å². The summed E-state index contributed by atoms with van der Waals surface area (Å²) < 4.78 is 2.05. The molecule has 0 fully saturated rings. The molecule has 0 aromatic carbocycles. The van der Waals surface area contributed by atoms with Crippen molar-refractivity contribution in [3.63, 3.8) is 0 Å². The van der Waals surface area contributed by atoms with Crippen LogP contribution < -0.4 is 5.32 Å². The van der Waals surface area contributed by atoms with Crippen LogP contribution in [-0.2, 0) is 6.42 Å². The second-order valence-electron chi connectivity index (χ2n) is 7.71. The van der Waals surface area contributed by atoms with Crippen LogP contribution in [0.1, 0.15) is 66.6 Å². The maximum absolute atomic E-state index is 4.69. The van der Waals surface area contributed by atoms with Crippen molar-refractivity contribution in [2.24, 2.45) is 11.8 Å². The maximum Gasteiger partial charge on any atom is 0.0627 e. The number of nitrogens with one attached hydrogen (secondary N) is 1. The molecule has 0 saturated heterocycles. The van der Waals surface area contributed by atoms with Gasteiger partial charge in [0.25, 0.3) is 0 Å². The summed E-state index contributed by atoms with van der Waals surface area (Å²) in [7, 11) is 0. The van der Waals surface area contributed by atoms with Gasteiger partial charge in [-0.25, -0.2) is 0 Å². The van der Waals surface area contributed by atoms with Crippen molar-refractivity contribution in [1.82, 2.24) is 15.1 Å². The van der Waals surface area contributed by atoms with Gasteiger partial charge in [0.15, 0.2) is 0 Å². The van der Waals surface area contributed by atoms with E-state index in [0.717, 1.165) is 18.9 Å². The fourth-order valence-corrected chi connectivity index (χ4v) is 2.43. The number of hydrogen-bond donors (Lipinski definition) is 1. The average molecular weight is 279 g/mol. The van der Waals surface area contributed by atoms with Gasteiger partial charge >= 0.3 is 0 Å². The molecule has 20 heavy (non-hydrogen) atoms. The maximum atomic E-state index is 4.69. The van der Waals surface area contributed by atoms with Crippen LogP contribution in [0, 0.1) is 11.8 Å². The zero-order chi connectivity index (χ0) is 15.3. The molecule has 0 radical (unpaired) electrons. The Morgan fingerprint density at radius 3 is 2.30 bits per heavy atom. The lowest BCUT2D eigenvalue weighted by molar-refractivity contribution is 0.329. The van der Waals surface area contributed by atoms with E-state index in [0.29, 0.717) is 12.0 Å². The molecule has 1 atom stereocenters. The van der Waals surface area contributed by atoms with Crippen LogP contribution in [0.5, 0.6) is 0 Å². The third kappa shape index (κ3) is 6.56. The number of nitrogens with zero attached hydrogens (tertiary/aromatic N) is 2. The van der Waals surface area contributed by atoms with E-state index < -0.39 is 0 Å². The Bertz CT molecular complexity index is 385. The van der Waals surface area contributed by atoms with Crippen LogP contribution in [0.2, 0.25) is 0 Å². The van der Waals surface area contributed by atoms with Crippen molar-refractivity contribution in [2.45, 2.75) is 72.9 Å². The molecule has 0 aliphatic heterocycles. The first kappa shape index (κ1) is 17.2. The molecule has 0 amide bonds. The predicted octanol–water partition coefficient (Wildman–Crippen LogP) is 4.06. The van der Waals surface area contributed by atoms with Crippen LogP contribution in [0.4, 0.5) is 0 Å². The van der Waals surface area contributed by atoms with Crippen molar-refractivity contribution in [2.75, 3.05) is 6.54 Å². The molecule has 116 valence electrons. The van der Waals surface area contributed by atoms with E-state index in [1.807, 2.05) is 0 Å². The van der Waals surface area contributed by atoms with Gasteiger partial charge in [-0.15, -0.1) is 0 Å². The van der Waals surface area contributed by atoms with Crippen molar-refractivity contribution in [1.29, 1.82) is 0 Å². The van der Waals surface area contributed by atoms with E-state index in [1.165, 1.54) is 12.1 Å². The molecule has 1 N–H and O–H groups in total. The largest absolute Gasteiger partial charge is 0.312 e. The summed E-state index contributed by atoms with van der Waals surface area (Å²) in [4.78, 5) is 0. The summed E-state index contributed by atoms with van der Waals surface area (Å²) in [6.07, 6.45) is 4.42. The average Bonchev–Trinajstić information content (AvgIpc) is 2.73. The van der Waals surface area contributed by atoms with Crippen LogP contribution in [-0.4, -0.2) is 21.9 Å². The second-order valence-corrected chi connectivity index (χ2v) is 7.71. The first-order valence-corrected chi connectivity index (χ1v) is 7.96. The van der Waals surface area contributed by atoms with Crippen molar-refractivity contribution in [3.05, 3.63) is 18.0 Å². The molecule has 3 nitrogen and oxygen atoms in total. The Kier molecular flexibility index (Phi) is 6.25. The van der Waals surface area contributed by atoms with E-state index in [-0.39, 0.29) is 5.54 Å². The monoisotopic (exact) mass is 279 g/mol. The second kappa shape index (κ2) is 7.26. The van der Waals surface area contributed by atoms with Gasteiger partial charge < -0.3 is 5.32 Å². The lowest BCUT2D eigenvalue weighted by Crippen LogP contribution is -2.39. The summed E-state index contributed by atoms with van der Waals surface area (Å²) in [6.45, 7) is 16.7. The molecule has 0 saturated carbocycles. The van der Waals surface area contributed by atoms with Gasteiger partial charge in [0.2, 0.25) is 0 Å². The highest BCUT2D eigenvalue weighted by atomic mass is 15.3. The third-order valence-corrected chi connectivity index (χ3v) is 3.42. The molecule has 0 spiro atoms. The molecular weight excluding hydrogens is 246 g/mol. The Labute approximate surface area is 125 Å². The van der Waals surface area contributed by atoms with Crippen molar-refractivity contribution < 1.29 is 0 Å². The lowest BCUT2D eigenvalue weighted by Gasteiger charge is -2.26. The molecule has 0 aliphatic rings. The number of hydrogen-bond acceptors (Lipinski definition) is 2. The van der Waals surface area contributed by atoms with Gasteiger partial charge in [0, 0.05) is 17.8 Å². The van der Waals surface area contributed by atoms with Gasteiger partial charge in [0.05, 0.1) is 5.69 Å². The minimum Gasteiger partial charge on any atom is -0.312 e. The quantitative estimate of drug-likeness (QED) is 0.816. The third-order valence-electron chi connectivity index (χ3n) is 3.42. The fourth-order valence-electron chi connectivity index (χ4n) is 2.43. The van der Waals surface area contributed by atoms with Crippen LogP contribution >= 0.6 is 0 Å². The van der Waals surface area contributed by atoms with Gasteiger partial charge in [-0.2, -0.15) is 5.10 Å². The molecule has 1 aromatic rings. The van der Waals surface area contributed by atoms with E-state index in [1.54, 1.807) is 0 Å². The smallest absolute Gasteiger partial charge is 0.0627 e. The molecule has 3 heteroatoms. The van der Waals surface area contributed by atoms with Gasteiger partial charge in [0.1, 0.15) is 0 Å². The van der Waals surface area contributed by atoms with Gasteiger partial charge in [-0.05, 0) is 71.9 Å². The zero-order valence-electron chi connectivity index (χ0n) is 14.4. The highest BCUT2D eigenvalue weighted by Gasteiger charge is 2.17. The topological polar surface area (TPSA) is 29.9 Å². The van der Waals surface area contributed by atoms with E-state index >= 15 is 0 Å². The first-order valence-electron chi connectivity index (χ1n) is 7.96. The normalized spacial score (nSPS) is 14.2. The summed E-state index contributed by atoms with van der Waals surface area (Å²) in [5.41, 5.74) is 1.41. The van der Waals surface area contributed by atoms with Gasteiger partial charge in [-0.1, -0.05) is 13.8 Å². The molecule has 1 unspecified atom stereocenters. The van der Waals surface area contributed by atoms with Crippen LogP contribution in [0.3, 0.4) is 0 Å². The summed E-state index contributed by atoms with van der Waals surface area (Å²) in [5, 5.41) is 8.33. The summed E-state index contributed by atoms with van der Waals surface area (Å²) in [6, 6.07) is 2.62. The number of aromatic nitrogens is 2. The molecule has 1 aromatic heterocycles. The minimum absolute atomic E-state index is 0.187. The van der Waals surface area contributed by atoms with E-state index in [4.69, 9.17) is 5.10 Å². The highest BCUT2D eigenvalue weighted by Crippen LogP contribution is 2.17. The lowest BCUT2D eigenvalue weighted by atomic mass is 9.92. The van der Waals surface area contributed by atoms with Crippen LogP contribution in [0.25, 0.3) is 0 Å². The molecule has 1 rings (SSSR count). The van der Waals surface area contributed by atoms with Crippen LogP contribution in [0.15, 0.2) is 12.3 Å². The highest BCUT2D eigenvalue weighted by molar-refractivity contribution is 5.01. The van der Waals surface area contributed by atoms with E-state index in [2.05, 4.69) is 70.7 Å². The summed E-state index contributed by atoms with van der Waals surface area (Å²) >= 11 is 0.